The van der Waals surface area contributed by atoms with Gasteiger partial charge in [0.25, 0.3) is 0 Å². The average Bonchev–Trinajstić information content (AvgIpc) is 2.61. The molecule has 1 atom stereocenters. The molecule has 0 amide bonds. The van der Waals surface area contributed by atoms with E-state index in [9.17, 15) is 0 Å². The van der Waals surface area contributed by atoms with Crippen molar-refractivity contribution in [2.75, 3.05) is 0 Å². The van der Waals surface area contributed by atoms with Gasteiger partial charge in [-0.25, -0.2) is 0 Å². The molecule has 1 aliphatic rings. The van der Waals surface area contributed by atoms with Crippen molar-refractivity contribution in [3.05, 3.63) is 40.8 Å². The zero-order valence-corrected chi connectivity index (χ0v) is 8.97. The molecule has 0 radical (unpaired) electrons. The average molecular weight is 206 g/mol. The Bertz CT molecular complexity index is 346. The third-order valence-electron chi connectivity index (χ3n) is 2.22. The fourth-order valence-electron chi connectivity index (χ4n) is 1.57. The zero-order chi connectivity index (χ0) is 9.97. The van der Waals surface area contributed by atoms with Crippen LogP contribution >= 0.6 is 11.8 Å². The second kappa shape index (κ2) is 4.07. The minimum absolute atomic E-state index is 0.0140. The molecule has 0 saturated carbocycles. The molecular formula is C11H14N2S. The summed E-state index contributed by atoms with van der Waals surface area (Å²) in [6.07, 6.45) is 1.04. The van der Waals surface area contributed by atoms with Crippen molar-refractivity contribution in [3.8, 4) is 0 Å². The molecule has 0 spiro atoms. The molecule has 3 heteroatoms. The summed E-state index contributed by atoms with van der Waals surface area (Å²) in [7, 11) is 0. The lowest BCUT2D eigenvalue weighted by atomic mass is 10.1. The third-order valence-corrected chi connectivity index (χ3v) is 3.37. The SMILES string of the molecule is CCC1=C(c2ccccc2)NC(N)S1. The second-order valence-corrected chi connectivity index (χ2v) is 4.44. The molecule has 74 valence electrons. The Morgan fingerprint density at radius 2 is 2.07 bits per heavy atom. The van der Waals surface area contributed by atoms with Gasteiger partial charge in [0.2, 0.25) is 0 Å². The van der Waals surface area contributed by atoms with E-state index in [2.05, 4.69) is 24.4 Å². The molecule has 0 bridgehead atoms. The lowest BCUT2D eigenvalue weighted by molar-refractivity contribution is 0.852. The van der Waals surface area contributed by atoms with Crippen LogP contribution in [0.4, 0.5) is 0 Å². The first kappa shape index (κ1) is 9.62. The summed E-state index contributed by atoms with van der Waals surface area (Å²) in [6, 6.07) is 10.3. The predicted molar refractivity (Wildman–Crippen MR) is 62.4 cm³/mol. The first-order chi connectivity index (χ1) is 6.81. The normalized spacial score (nSPS) is 21.1. The molecule has 1 aromatic rings. The summed E-state index contributed by atoms with van der Waals surface area (Å²) >= 11 is 1.71. The van der Waals surface area contributed by atoms with Gasteiger partial charge < -0.3 is 11.1 Å². The molecular weight excluding hydrogens is 192 g/mol. The van der Waals surface area contributed by atoms with E-state index in [-0.39, 0.29) is 5.50 Å². The number of rotatable bonds is 2. The summed E-state index contributed by atoms with van der Waals surface area (Å²) < 4.78 is 0. The van der Waals surface area contributed by atoms with Crippen LogP contribution in [0.1, 0.15) is 18.9 Å². The molecule has 0 aliphatic carbocycles. The summed E-state index contributed by atoms with van der Waals surface area (Å²) in [6.45, 7) is 2.16. The van der Waals surface area contributed by atoms with Crippen molar-refractivity contribution in [1.29, 1.82) is 0 Å². The van der Waals surface area contributed by atoms with E-state index in [0.717, 1.165) is 6.42 Å². The van der Waals surface area contributed by atoms with Crippen molar-refractivity contribution >= 4 is 17.5 Å². The summed E-state index contributed by atoms with van der Waals surface area (Å²) in [5, 5.41) is 3.29. The summed E-state index contributed by atoms with van der Waals surface area (Å²) in [5.74, 6) is 0. The van der Waals surface area contributed by atoms with E-state index in [1.54, 1.807) is 11.8 Å². The minimum atomic E-state index is 0.0140. The lowest BCUT2D eigenvalue weighted by Crippen LogP contribution is -2.28. The highest BCUT2D eigenvalue weighted by atomic mass is 32.2. The van der Waals surface area contributed by atoms with Crippen LogP contribution < -0.4 is 11.1 Å². The molecule has 1 aliphatic heterocycles. The fraction of sp³-hybridized carbons (Fsp3) is 0.273. The van der Waals surface area contributed by atoms with Gasteiger partial charge in [-0.3, -0.25) is 0 Å². The summed E-state index contributed by atoms with van der Waals surface area (Å²) in [4.78, 5) is 1.35. The minimum Gasteiger partial charge on any atom is -0.360 e. The van der Waals surface area contributed by atoms with Gasteiger partial charge in [-0.05, 0) is 12.0 Å². The predicted octanol–water partition coefficient (Wildman–Crippen LogP) is 2.34. The zero-order valence-electron chi connectivity index (χ0n) is 8.16. The van der Waals surface area contributed by atoms with Gasteiger partial charge in [0.15, 0.2) is 0 Å². The second-order valence-electron chi connectivity index (χ2n) is 3.20. The number of thioether (sulfide) groups is 1. The number of nitrogens with two attached hydrogens (primary N) is 1. The Labute approximate surface area is 88.6 Å². The van der Waals surface area contributed by atoms with Crippen LogP contribution in [0.5, 0.6) is 0 Å². The van der Waals surface area contributed by atoms with Crippen molar-refractivity contribution < 1.29 is 0 Å². The smallest absolute Gasteiger partial charge is 0.127 e. The molecule has 1 aromatic carbocycles. The maximum atomic E-state index is 5.84. The van der Waals surface area contributed by atoms with E-state index in [1.165, 1.54) is 16.2 Å². The highest BCUT2D eigenvalue weighted by molar-refractivity contribution is 8.04. The Morgan fingerprint density at radius 1 is 1.36 bits per heavy atom. The van der Waals surface area contributed by atoms with Gasteiger partial charge in [0.05, 0.1) is 5.70 Å². The van der Waals surface area contributed by atoms with Crippen LogP contribution in [-0.2, 0) is 0 Å². The van der Waals surface area contributed by atoms with Crippen molar-refractivity contribution in [3.63, 3.8) is 0 Å². The largest absolute Gasteiger partial charge is 0.360 e. The van der Waals surface area contributed by atoms with E-state index in [1.807, 2.05) is 18.2 Å². The monoisotopic (exact) mass is 206 g/mol. The topological polar surface area (TPSA) is 38.0 Å². The van der Waals surface area contributed by atoms with Gasteiger partial charge in [-0.1, -0.05) is 49.0 Å². The maximum Gasteiger partial charge on any atom is 0.127 e. The fourth-order valence-corrected chi connectivity index (χ4v) is 2.52. The standard InChI is InChI=1S/C11H14N2S/c1-2-9-10(13-11(12)14-9)8-6-4-3-5-7-8/h3-7,11,13H,2,12H2,1H3. The Hall–Kier alpha value is -0.930. The highest BCUT2D eigenvalue weighted by Gasteiger charge is 2.20. The highest BCUT2D eigenvalue weighted by Crippen LogP contribution is 2.34. The Balaban J connectivity index is 2.33. The number of nitrogens with one attached hydrogen (secondary N) is 1. The first-order valence-electron chi connectivity index (χ1n) is 4.78. The molecule has 0 saturated heterocycles. The van der Waals surface area contributed by atoms with Crippen molar-refractivity contribution in [2.45, 2.75) is 18.8 Å². The lowest BCUT2D eigenvalue weighted by Gasteiger charge is -2.07. The molecule has 2 rings (SSSR count). The molecule has 0 fully saturated rings. The van der Waals surface area contributed by atoms with E-state index < -0.39 is 0 Å². The molecule has 0 aromatic heterocycles. The van der Waals surface area contributed by atoms with Crippen molar-refractivity contribution in [2.24, 2.45) is 5.73 Å². The van der Waals surface area contributed by atoms with Crippen LogP contribution in [0.25, 0.3) is 5.70 Å². The molecule has 1 heterocycles. The van der Waals surface area contributed by atoms with Crippen LogP contribution in [0.15, 0.2) is 35.2 Å². The van der Waals surface area contributed by atoms with Crippen LogP contribution in [0, 0.1) is 0 Å². The molecule has 1 unspecified atom stereocenters. The number of hydrogen-bond donors (Lipinski definition) is 2. The summed E-state index contributed by atoms with van der Waals surface area (Å²) in [5.41, 5.74) is 8.28. The Kier molecular flexibility index (Phi) is 2.79. The van der Waals surface area contributed by atoms with E-state index in [4.69, 9.17) is 5.73 Å². The van der Waals surface area contributed by atoms with Gasteiger partial charge in [-0.2, -0.15) is 0 Å². The number of allylic oxidation sites excluding steroid dienone is 1. The maximum absolute atomic E-state index is 5.84. The van der Waals surface area contributed by atoms with E-state index >= 15 is 0 Å². The van der Waals surface area contributed by atoms with Gasteiger partial charge in [0, 0.05) is 4.91 Å². The first-order valence-corrected chi connectivity index (χ1v) is 5.66. The van der Waals surface area contributed by atoms with Crippen molar-refractivity contribution in [1.82, 2.24) is 5.32 Å². The molecule has 2 nitrogen and oxygen atoms in total. The Morgan fingerprint density at radius 3 is 2.71 bits per heavy atom. The van der Waals surface area contributed by atoms with E-state index in [0.29, 0.717) is 0 Å². The van der Waals surface area contributed by atoms with Crippen LogP contribution in [0.2, 0.25) is 0 Å². The quantitative estimate of drug-likeness (QED) is 0.780. The molecule has 14 heavy (non-hydrogen) atoms. The van der Waals surface area contributed by atoms with Crippen LogP contribution in [0.3, 0.4) is 0 Å². The van der Waals surface area contributed by atoms with Gasteiger partial charge in [-0.15, -0.1) is 0 Å². The number of benzene rings is 1. The molecule has 3 N–H and O–H groups in total. The third kappa shape index (κ3) is 1.79. The number of hydrogen-bond acceptors (Lipinski definition) is 3. The van der Waals surface area contributed by atoms with Gasteiger partial charge in [0.1, 0.15) is 5.50 Å². The van der Waals surface area contributed by atoms with Crippen LogP contribution in [-0.4, -0.2) is 5.50 Å². The van der Waals surface area contributed by atoms with Gasteiger partial charge >= 0.3 is 0 Å².